The lowest BCUT2D eigenvalue weighted by Crippen LogP contribution is -2.26. The lowest BCUT2D eigenvalue weighted by molar-refractivity contribution is 0.0949. The molecular weight excluding hydrogens is 410 g/mol. The first-order valence-corrected chi connectivity index (χ1v) is 9.32. The number of oxazole rings is 1. The minimum atomic E-state index is -0.473. The Morgan fingerprint density at radius 3 is 2.52 bits per heavy atom. The van der Waals surface area contributed by atoms with Crippen molar-refractivity contribution in [2.45, 2.75) is 18.9 Å². The molecule has 7 heteroatoms. The molecule has 3 rings (SSSR count). The number of phenolic OH excluding ortho intramolecular Hbond substituents is 1. The third kappa shape index (κ3) is 5.42. The van der Waals surface area contributed by atoms with E-state index in [1.807, 2.05) is 24.3 Å². The molecule has 27 heavy (non-hydrogen) atoms. The zero-order chi connectivity index (χ0) is 19.2. The summed E-state index contributed by atoms with van der Waals surface area (Å²) >= 11 is 3.40. The summed E-state index contributed by atoms with van der Waals surface area (Å²) in [5.41, 5.74) is 8.40. The third-order valence-corrected chi connectivity index (χ3v) is 4.60. The number of aromatic nitrogens is 1. The molecule has 1 unspecified atom stereocenters. The number of aromatic hydroxyl groups is 1. The summed E-state index contributed by atoms with van der Waals surface area (Å²) in [7, 11) is 0. The Bertz CT molecular complexity index is 892. The van der Waals surface area contributed by atoms with Crippen molar-refractivity contribution in [1.29, 1.82) is 0 Å². The van der Waals surface area contributed by atoms with Gasteiger partial charge in [-0.25, -0.2) is 4.98 Å². The predicted octanol–water partition coefficient (Wildman–Crippen LogP) is 3.36. The maximum Gasteiger partial charge on any atom is 0.273 e. The van der Waals surface area contributed by atoms with Crippen LogP contribution in [0.3, 0.4) is 0 Å². The molecule has 0 saturated carbocycles. The normalized spacial score (nSPS) is 11.9. The molecule has 1 aromatic heterocycles. The second kappa shape index (κ2) is 8.83. The molecule has 0 aliphatic rings. The van der Waals surface area contributed by atoms with E-state index in [0.29, 0.717) is 18.9 Å². The first-order chi connectivity index (χ1) is 13.0. The molecule has 1 atom stereocenters. The average molecular weight is 430 g/mol. The van der Waals surface area contributed by atoms with Crippen LogP contribution in [0.15, 0.2) is 63.7 Å². The van der Waals surface area contributed by atoms with E-state index in [2.05, 4.69) is 26.2 Å². The minimum absolute atomic E-state index is 0.200. The molecular formula is C20H20BrN3O3. The molecule has 2 aromatic carbocycles. The molecule has 0 radical (unpaired) electrons. The predicted molar refractivity (Wildman–Crippen MR) is 105 cm³/mol. The fraction of sp³-hybridized carbons (Fsp3) is 0.200. The highest BCUT2D eigenvalue weighted by atomic mass is 79.9. The van der Waals surface area contributed by atoms with E-state index < -0.39 is 6.04 Å². The van der Waals surface area contributed by atoms with Gasteiger partial charge in [-0.3, -0.25) is 4.79 Å². The molecule has 1 heterocycles. The average Bonchev–Trinajstić information content (AvgIpc) is 3.16. The van der Waals surface area contributed by atoms with Crippen molar-refractivity contribution in [3.63, 3.8) is 0 Å². The van der Waals surface area contributed by atoms with Gasteiger partial charge >= 0.3 is 0 Å². The van der Waals surface area contributed by atoms with Gasteiger partial charge in [-0.1, -0.05) is 40.2 Å². The summed E-state index contributed by atoms with van der Waals surface area (Å²) in [6, 6.07) is 14.2. The van der Waals surface area contributed by atoms with E-state index in [1.165, 1.54) is 6.26 Å². The van der Waals surface area contributed by atoms with E-state index in [0.717, 1.165) is 22.0 Å². The van der Waals surface area contributed by atoms with Crippen LogP contribution in [0.4, 0.5) is 0 Å². The molecule has 0 spiro atoms. The summed E-state index contributed by atoms with van der Waals surface area (Å²) in [5, 5.41) is 12.1. The van der Waals surface area contributed by atoms with Gasteiger partial charge in [-0.2, -0.15) is 0 Å². The Morgan fingerprint density at radius 2 is 1.81 bits per heavy atom. The second-order valence-corrected chi connectivity index (χ2v) is 7.10. The molecule has 0 saturated heterocycles. The Morgan fingerprint density at radius 1 is 1.15 bits per heavy atom. The topological polar surface area (TPSA) is 101 Å². The Kier molecular flexibility index (Phi) is 6.26. The standard InChI is InChI=1S/C20H20BrN3O3/c21-15-5-1-13(2-6-15)9-10-23-19(26)18-12-27-20(24-18)17(22)11-14-3-7-16(25)8-4-14/h1-8,12,17,25H,9-11,22H2,(H,23,26). The van der Waals surface area contributed by atoms with Crippen LogP contribution in [0.5, 0.6) is 5.75 Å². The molecule has 0 bridgehead atoms. The van der Waals surface area contributed by atoms with Gasteiger partial charge in [0.15, 0.2) is 5.69 Å². The van der Waals surface area contributed by atoms with Crippen LogP contribution in [0.25, 0.3) is 0 Å². The van der Waals surface area contributed by atoms with Crippen LogP contribution >= 0.6 is 15.9 Å². The van der Waals surface area contributed by atoms with Gasteiger partial charge in [0, 0.05) is 11.0 Å². The molecule has 0 fully saturated rings. The van der Waals surface area contributed by atoms with Gasteiger partial charge in [0.05, 0.1) is 6.04 Å². The number of nitrogens with two attached hydrogens (primary N) is 1. The number of amides is 1. The molecule has 3 aromatic rings. The monoisotopic (exact) mass is 429 g/mol. The number of rotatable bonds is 7. The summed E-state index contributed by atoms with van der Waals surface area (Å²) in [6.07, 6.45) is 2.54. The lowest BCUT2D eigenvalue weighted by atomic mass is 10.1. The first-order valence-electron chi connectivity index (χ1n) is 8.53. The molecule has 6 nitrogen and oxygen atoms in total. The van der Waals surface area contributed by atoms with Crippen LogP contribution < -0.4 is 11.1 Å². The van der Waals surface area contributed by atoms with Crippen molar-refractivity contribution in [3.05, 3.63) is 82.0 Å². The molecule has 0 aliphatic carbocycles. The van der Waals surface area contributed by atoms with Gasteiger partial charge in [0.1, 0.15) is 12.0 Å². The van der Waals surface area contributed by atoms with E-state index >= 15 is 0 Å². The Hall–Kier alpha value is -2.64. The van der Waals surface area contributed by atoms with E-state index in [9.17, 15) is 9.90 Å². The smallest absolute Gasteiger partial charge is 0.273 e. The summed E-state index contributed by atoms with van der Waals surface area (Å²) < 4.78 is 6.39. The van der Waals surface area contributed by atoms with Crippen molar-refractivity contribution in [3.8, 4) is 5.75 Å². The van der Waals surface area contributed by atoms with Gasteiger partial charge in [0.2, 0.25) is 5.89 Å². The quantitative estimate of drug-likeness (QED) is 0.534. The number of carbonyl (C=O) groups is 1. The summed E-state index contributed by atoms with van der Waals surface area (Å²) in [5.74, 6) is 0.214. The molecule has 1 amide bonds. The number of nitrogens with one attached hydrogen (secondary N) is 1. The number of halogens is 1. The van der Waals surface area contributed by atoms with E-state index in [4.69, 9.17) is 10.2 Å². The van der Waals surface area contributed by atoms with E-state index in [-0.39, 0.29) is 17.4 Å². The molecule has 4 N–H and O–H groups in total. The van der Waals surface area contributed by atoms with Crippen molar-refractivity contribution < 1.29 is 14.3 Å². The maximum atomic E-state index is 12.2. The SMILES string of the molecule is NC(Cc1ccc(O)cc1)c1nc(C(=O)NCCc2ccc(Br)cc2)co1. The highest BCUT2D eigenvalue weighted by Gasteiger charge is 2.17. The number of phenols is 1. The van der Waals surface area contributed by atoms with Crippen molar-refractivity contribution in [1.82, 2.24) is 10.3 Å². The van der Waals surface area contributed by atoms with Crippen LogP contribution in [0, 0.1) is 0 Å². The van der Waals surface area contributed by atoms with Crippen molar-refractivity contribution in [2.75, 3.05) is 6.54 Å². The third-order valence-electron chi connectivity index (χ3n) is 4.08. The second-order valence-electron chi connectivity index (χ2n) is 6.18. The number of benzene rings is 2. The summed E-state index contributed by atoms with van der Waals surface area (Å²) in [6.45, 7) is 0.502. The zero-order valence-corrected chi connectivity index (χ0v) is 16.1. The van der Waals surface area contributed by atoms with Crippen LogP contribution in [-0.4, -0.2) is 22.5 Å². The van der Waals surface area contributed by atoms with Crippen LogP contribution in [0.2, 0.25) is 0 Å². The Labute approximate surface area is 165 Å². The van der Waals surface area contributed by atoms with Crippen molar-refractivity contribution >= 4 is 21.8 Å². The highest BCUT2D eigenvalue weighted by Crippen LogP contribution is 2.18. The van der Waals surface area contributed by atoms with Crippen LogP contribution in [-0.2, 0) is 12.8 Å². The highest BCUT2D eigenvalue weighted by molar-refractivity contribution is 9.10. The number of nitrogens with zero attached hydrogens (tertiary/aromatic N) is 1. The van der Waals surface area contributed by atoms with Gasteiger partial charge in [0.25, 0.3) is 5.91 Å². The number of hydrogen-bond donors (Lipinski definition) is 3. The number of carbonyl (C=O) groups excluding carboxylic acids is 1. The molecule has 140 valence electrons. The van der Waals surface area contributed by atoms with Gasteiger partial charge in [-0.05, 0) is 48.2 Å². The van der Waals surface area contributed by atoms with Gasteiger partial charge in [-0.15, -0.1) is 0 Å². The minimum Gasteiger partial charge on any atom is -0.508 e. The number of hydrogen-bond acceptors (Lipinski definition) is 5. The first kappa shape index (κ1) is 19.1. The van der Waals surface area contributed by atoms with Gasteiger partial charge < -0.3 is 20.6 Å². The largest absolute Gasteiger partial charge is 0.508 e. The van der Waals surface area contributed by atoms with E-state index in [1.54, 1.807) is 24.3 Å². The Balaban J connectivity index is 1.52. The van der Waals surface area contributed by atoms with Crippen LogP contribution in [0.1, 0.15) is 33.5 Å². The fourth-order valence-electron chi connectivity index (χ4n) is 2.60. The zero-order valence-electron chi connectivity index (χ0n) is 14.6. The maximum absolute atomic E-state index is 12.2. The molecule has 0 aliphatic heterocycles. The lowest BCUT2D eigenvalue weighted by Gasteiger charge is -2.07. The summed E-state index contributed by atoms with van der Waals surface area (Å²) in [4.78, 5) is 16.4. The van der Waals surface area contributed by atoms with Crippen molar-refractivity contribution in [2.24, 2.45) is 5.73 Å². The fourth-order valence-corrected chi connectivity index (χ4v) is 2.86.